The van der Waals surface area contributed by atoms with E-state index < -0.39 is 35.6 Å². The number of aliphatic carboxylic acids is 2. The molecule has 0 radical (unpaired) electrons. The number of carboxylic acid groups (broad SMARTS) is 2. The lowest BCUT2D eigenvalue weighted by atomic mass is 9.74. The molecule has 1 rings (SSSR count). The summed E-state index contributed by atoms with van der Waals surface area (Å²) in [4.78, 5) is 45.5. The maximum Gasteiger partial charge on any atom is 0.306 e. The van der Waals surface area contributed by atoms with Gasteiger partial charge >= 0.3 is 11.9 Å². The Hall–Kier alpha value is -1.72. The first kappa shape index (κ1) is 16.3. The molecule has 2 N–H and O–H groups in total. The van der Waals surface area contributed by atoms with Crippen LogP contribution in [0, 0.1) is 23.7 Å². The molecule has 1 aliphatic rings. The lowest BCUT2D eigenvalue weighted by Gasteiger charge is -2.28. The van der Waals surface area contributed by atoms with E-state index in [1.54, 1.807) is 0 Å². The highest BCUT2D eigenvalue weighted by atomic mass is 16.4. The fraction of sp³-hybridized carbons (Fsp3) is 0.714. The SMILES string of the molecule is CC(CC1CC(=O)C(CC(C)C(=O)O)CC1=O)C(=O)O. The smallest absolute Gasteiger partial charge is 0.306 e. The van der Waals surface area contributed by atoms with E-state index in [9.17, 15) is 19.2 Å². The van der Waals surface area contributed by atoms with Gasteiger partial charge in [0.15, 0.2) is 0 Å². The third-order valence-corrected chi connectivity index (χ3v) is 3.93. The lowest BCUT2D eigenvalue weighted by Crippen LogP contribution is -2.35. The molecule has 20 heavy (non-hydrogen) atoms. The number of ketones is 2. The molecule has 0 amide bonds. The van der Waals surface area contributed by atoms with Crippen LogP contribution < -0.4 is 0 Å². The van der Waals surface area contributed by atoms with Crippen LogP contribution in [-0.2, 0) is 19.2 Å². The molecule has 1 aliphatic carbocycles. The predicted octanol–water partition coefficient (Wildman–Crippen LogP) is 1.37. The summed E-state index contributed by atoms with van der Waals surface area (Å²) in [5, 5.41) is 17.7. The van der Waals surface area contributed by atoms with Crippen LogP contribution in [0.3, 0.4) is 0 Å². The standard InChI is InChI=1S/C14H20O6/c1-7(13(17)18)3-9-5-12(16)10(6-11(9)15)4-8(2)14(19)20/h7-10H,3-6H2,1-2H3,(H,17,18)(H,19,20). The Morgan fingerprint density at radius 2 is 1.25 bits per heavy atom. The topological polar surface area (TPSA) is 109 Å². The van der Waals surface area contributed by atoms with Gasteiger partial charge in [-0.2, -0.15) is 0 Å². The summed E-state index contributed by atoms with van der Waals surface area (Å²) in [6.07, 6.45) is 0.406. The van der Waals surface area contributed by atoms with Crippen molar-refractivity contribution >= 4 is 23.5 Å². The maximum absolute atomic E-state index is 12.0. The lowest BCUT2D eigenvalue weighted by molar-refractivity contribution is -0.146. The first-order valence-electron chi connectivity index (χ1n) is 6.73. The van der Waals surface area contributed by atoms with Crippen LogP contribution in [0.4, 0.5) is 0 Å². The molecule has 112 valence electrons. The fourth-order valence-electron chi connectivity index (χ4n) is 2.53. The zero-order valence-electron chi connectivity index (χ0n) is 11.7. The van der Waals surface area contributed by atoms with Crippen molar-refractivity contribution in [1.29, 1.82) is 0 Å². The van der Waals surface area contributed by atoms with E-state index in [1.165, 1.54) is 13.8 Å². The van der Waals surface area contributed by atoms with Gasteiger partial charge in [-0.15, -0.1) is 0 Å². The Balaban J connectivity index is 2.62. The van der Waals surface area contributed by atoms with Crippen LogP contribution in [0.1, 0.15) is 39.5 Å². The van der Waals surface area contributed by atoms with E-state index in [4.69, 9.17) is 10.2 Å². The molecule has 1 saturated carbocycles. The predicted molar refractivity (Wildman–Crippen MR) is 69.1 cm³/mol. The first-order chi connectivity index (χ1) is 9.22. The highest BCUT2D eigenvalue weighted by Crippen LogP contribution is 2.31. The normalized spacial score (nSPS) is 26.1. The van der Waals surface area contributed by atoms with Gasteiger partial charge < -0.3 is 10.2 Å². The summed E-state index contributed by atoms with van der Waals surface area (Å²) in [5.74, 6) is -4.60. The molecule has 0 aliphatic heterocycles. The first-order valence-corrected chi connectivity index (χ1v) is 6.73. The second kappa shape index (κ2) is 6.63. The van der Waals surface area contributed by atoms with Gasteiger partial charge in [0.25, 0.3) is 0 Å². The largest absolute Gasteiger partial charge is 0.481 e. The molecule has 4 unspecified atom stereocenters. The quantitative estimate of drug-likeness (QED) is 0.762. The number of rotatable bonds is 6. The Labute approximate surface area is 117 Å². The fourth-order valence-corrected chi connectivity index (χ4v) is 2.53. The van der Waals surface area contributed by atoms with Gasteiger partial charge in [-0.05, 0) is 12.8 Å². The molecule has 0 saturated heterocycles. The molecule has 0 spiro atoms. The highest BCUT2D eigenvalue weighted by molar-refractivity contribution is 5.96. The molecular formula is C14H20O6. The summed E-state index contributed by atoms with van der Waals surface area (Å²) in [6, 6.07) is 0. The summed E-state index contributed by atoms with van der Waals surface area (Å²) in [5.41, 5.74) is 0. The van der Waals surface area contributed by atoms with E-state index in [0.29, 0.717) is 0 Å². The summed E-state index contributed by atoms with van der Waals surface area (Å²) >= 11 is 0. The summed E-state index contributed by atoms with van der Waals surface area (Å²) in [7, 11) is 0. The van der Waals surface area contributed by atoms with Crippen molar-refractivity contribution in [2.24, 2.45) is 23.7 Å². The van der Waals surface area contributed by atoms with Crippen LogP contribution >= 0.6 is 0 Å². The number of carbonyl (C=O) groups excluding carboxylic acids is 2. The molecule has 0 bridgehead atoms. The van der Waals surface area contributed by atoms with Crippen LogP contribution in [-0.4, -0.2) is 33.7 Å². The van der Waals surface area contributed by atoms with Gasteiger partial charge in [-0.3, -0.25) is 19.2 Å². The molecule has 4 atom stereocenters. The van der Waals surface area contributed by atoms with Gasteiger partial charge in [0.2, 0.25) is 0 Å². The van der Waals surface area contributed by atoms with Crippen LogP contribution in [0.15, 0.2) is 0 Å². The van der Waals surface area contributed by atoms with E-state index >= 15 is 0 Å². The molecule has 6 heteroatoms. The highest BCUT2D eigenvalue weighted by Gasteiger charge is 2.37. The van der Waals surface area contributed by atoms with Crippen molar-refractivity contribution in [3.63, 3.8) is 0 Å². The number of Topliss-reactive ketones (excluding diaryl/α,β-unsaturated/α-hetero) is 2. The van der Waals surface area contributed by atoms with Crippen molar-refractivity contribution in [1.82, 2.24) is 0 Å². The number of carbonyl (C=O) groups is 4. The monoisotopic (exact) mass is 284 g/mol. The Kier molecular flexibility index (Phi) is 5.42. The van der Waals surface area contributed by atoms with Crippen molar-refractivity contribution < 1.29 is 29.4 Å². The zero-order chi connectivity index (χ0) is 15.4. The van der Waals surface area contributed by atoms with Crippen molar-refractivity contribution in [2.45, 2.75) is 39.5 Å². The van der Waals surface area contributed by atoms with Crippen LogP contribution in [0.25, 0.3) is 0 Å². The third-order valence-electron chi connectivity index (χ3n) is 3.93. The minimum absolute atomic E-state index is 0.0352. The second-order valence-corrected chi connectivity index (χ2v) is 5.68. The molecular weight excluding hydrogens is 264 g/mol. The molecule has 0 heterocycles. The Bertz CT molecular complexity index is 387. The average molecular weight is 284 g/mol. The van der Waals surface area contributed by atoms with Crippen molar-refractivity contribution in [2.75, 3.05) is 0 Å². The molecule has 0 aromatic heterocycles. The van der Waals surface area contributed by atoms with Gasteiger partial charge in [0.1, 0.15) is 11.6 Å². The minimum atomic E-state index is -0.980. The van der Waals surface area contributed by atoms with Crippen LogP contribution in [0.2, 0.25) is 0 Å². The van der Waals surface area contributed by atoms with E-state index in [-0.39, 0.29) is 37.2 Å². The van der Waals surface area contributed by atoms with Gasteiger partial charge in [0.05, 0.1) is 11.8 Å². The summed E-state index contributed by atoms with van der Waals surface area (Å²) < 4.78 is 0. The molecule has 0 aromatic carbocycles. The Morgan fingerprint density at radius 1 is 0.950 bits per heavy atom. The van der Waals surface area contributed by atoms with Crippen LogP contribution in [0.5, 0.6) is 0 Å². The number of hydrogen-bond acceptors (Lipinski definition) is 4. The average Bonchev–Trinajstić information content (AvgIpc) is 2.34. The third kappa shape index (κ3) is 4.15. The number of hydrogen-bond donors (Lipinski definition) is 2. The van der Waals surface area contributed by atoms with Gasteiger partial charge in [-0.1, -0.05) is 13.8 Å². The van der Waals surface area contributed by atoms with Crippen molar-refractivity contribution in [3.8, 4) is 0 Å². The molecule has 6 nitrogen and oxygen atoms in total. The van der Waals surface area contributed by atoms with E-state index in [2.05, 4.69) is 0 Å². The van der Waals surface area contributed by atoms with Crippen molar-refractivity contribution in [3.05, 3.63) is 0 Å². The van der Waals surface area contributed by atoms with Gasteiger partial charge in [0, 0.05) is 24.7 Å². The zero-order valence-corrected chi connectivity index (χ0v) is 11.7. The van der Waals surface area contributed by atoms with E-state index in [0.717, 1.165) is 0 Å². The second-order valence-electron chi connectivity index (χ2n) is 5.68. The summed E-state index contributed by atoms with van der Waals surface area (Å²) in [6.45, 7) is 3.03. The van der Waals surface area contributed by atoms with Gasteiger partial charge in [-0.25, -0.2) is 0 Å². The number of carboxylic acids is 2. The maximum atomic E-state index is 12.0. The minimum Gasteiger partial charge on any atom is -0.481 e. The molecule has 0 aromatic rings. The Morgan fingerprint density at radius 3 is 1.50 bits per heavy atom. The molecule has 1 fully saturated rings. The van der Waals surface area contributed by atoms with E-state index in [1.807, 2.05) is 0 Å².